The number of nitrogens with one attached hydrogen (secondary N) is 1. The fourth-order valence-electron chi connectivity index (χ4n) is 4.57. The van der Waals surface area contributed by atoms with E-state index in [1.807, 2.05) is 4.90 Å². The number of rotatable bonds is 4. The first kappa shape index (κ1) is 17.7. The van der Waals surface area contributed by atoms with Gasteiger partial charge in [0, 0.05) is 58.3 Å². The molecule has 0 aromatic heterocycles. The van der Waals surface area contributed by atoms with E-state index in [1.165, 1.54) is 12.8 Å². The van der Waals surface area contributed by atoms with Crippen molar-refractivity contribution in [1.29, 1.82) is 0 Å². The van der Waals surface area contributed by atoms with Gasteiger partial charge < -0.3 is 10.2 Å². The molecule has 3 aliphatic rings. The SMILES string of the molecule is CC(=O)N1CCN([C@H]2CN(CC(=O)NC3CCCC3)C[C@H]2C)CC1. The lowest BCUT2D eigenvalue weighted by Crippen LogP contribution is -2.53. The highest BCUT2D eigenvalue weighted by molar-refractivity contribution is 5.78. The number of piperazine rings is 1. The molecule has 6 nitrogen and oxygen atoms in total. The average Bonchev–Trinajstić information content (AvgIpc) is 3.17. The largest absolute Gasteiger partial charge is 0.352 e. The lowest BCUT2D eigenvalue weighted by molar-refractivity contribution is -0.131. The molecule has 3 fully saturated rings. The monoisotopic (exact) mass is 336 g/mol. The number of nitrogens with zero attached hydrogens (tertiary/aromatic N) is 3. The summed E-state index contributed by atoms with van der Waals surface area (Å²) in [6, 6.07) is 0.923. The maximum atomic E-state index is 12.3. The summed E-state index contributed by atoms with van der Waals surface area (Å²) in [6.07, 6.45) is 4.79. The van der Waals surface area contributed by atoms with Gasteiger partial charge in [-0.2, -0.15) is 0 Å². The normalized spacial score (nSPS) is 30.0. The van der Waals surface area contributed by atoms with Crippen LogP contribution in [0.4, 0.5) is 0 Å². The van der Waals surface area contributed by atoms with E-state index < -0.39 is 0 Å². The van der Waals surface area contributed by atoms with E-state index in [1.54, 1.807) is 6.92 Å². The molecular formula is C18H32N4O2. The van der Waals surface area contributed by atoms with Crippen molar-refractivity contribution in [3.8, 4) is 0 Å². The van der Waals surface area contributed by atoms with E-state index in [4.69, 9.17) is 0 Å². The van der Waals surface area contributed by atoms with Crippen molar-refractivity contribution < 1.29 is 9.59 Å². The highest BCUT2D eigenvalue weighted by Crippen LogP contribution is 2.23. The van der Waals surface area contributed by atoms with Gasteiger partial charge in [0.15, 0.2) is 0 Å². The van der Waals surface area contributed by atoms with E-state index >= 15 is 0 Å². The van der Waals surface area contributed by atoms with Gasteiger partial charge in [-0.15, -0.1) is 0 Å². The topological polar surface area (TPSA) is 55.9 Å². The third kappa shape index (κ3) is 4.28. The lowest BCUT2D eigenvalue weighted by Gasteiger charge is -2.39. The molecule has 6 heteroatoms. The van der Waals surface area contributed by atoms with E-state index in [-0.39, 0.29) is 11.8 Å². The summed E-state index contributed by atoms with van der Waals surface area (Å²) < 4.78 is 0. The first-order chi connectivity index (χ1) is 11.5. The van der Waals surface area contributed by atoms with Crippen LogP contribution in [0.2, 0.25) is 0 Å². The fraction of sp³-hybridized carbons (Fsp3) is 0.889. The van der Waals surface area contributed by atoms with E-state index in [0.717, 1.165) is 52.1 Å². The molecule has 3 rings (SSSR count). The number of carbonyl (C=O) groups excluding carboxylic acids is 2. The van der Waals surface area contributed by atoms with Crippen LogP contribution in [0.1, 0.15) is 39.5 Å². The minimum Gasteiger partial charge on any atom is -0.352 e. The van der Waals surface area contributed by atoms with E-state index in [2.05, 4.69) is 22.0 Å². The van der Waals surface area contributed by atoms with Crippen molar-refractivity contribution in [2.75, 3.05) is 45.8 Å². The van der Waals surface area contributed by atoms with Crippen molar-refractivity contribution in [3.05, 3.63) is 0 Å². The van der Waals surface area contributed by atoms with Gasteiger partial charge in [0.1, 0.15) is 0 Å². The van der Waals surface area contributed by atoms with Crippen molar-refractivity contribution in [2.45, 2.75) is 51.6 Å². The predicted molar refractivity (Wildman–Crippen MR) is 93.6 cm³/mol. The zero-order chi connectivity index (χ0) is 17.1. The van der Waals surface area contributed by atoms with Crippen molar-refractivity contribution in [3.63, 3.8) is 0 Å². The van der Waals surface area contributed by atoms with Crippen LogP contribution < -0.4 is 5.32 Å². The van der Waals surface area contributed by atoms with Crippen molar-refractivity contribution in [1.82, 2.24) is 20.0 Å². The summed E-state index contributed by atoms with van der Waals surface area (Å²) in [5, 5.41) is 3.19. The smallest absolute Gasteiger partial charge is 0.234 e. The van der Waals surface area contributed by atoms with Crippen LogP contribution in [-0.2, 0) is 9.59 Å². The van der Waals surface area contributed by atoms with Gasteiger partial charge in [-0.05, 0) is 18.8 Å². The van der Waals surface area contributed by atoms with Gasteiger partial charge >= 0.3 is 0 Å². The number of carbonyl (C=O) groups is 2. The third-order valence-electron chi connectivity index (χ3n) is 5.96. The lowest BCUT2D eigenvalue weighted by atomic mass is 10.0. The molecule has 0 radical (unpaired) electrons. The molecule has 1 N–H and O–H groups in total. The molecule has 1 aliphatic carbocycles. The van der Waals surface area contributed by atoms with Crippen LogP contribution in [0.15, 0.2) is 0 Å². The summed E-state index contributed by atoms with van der Waals surface area (Å²) in [6.45, 7) is 10.0. The molecule has 2 heterocycles. The Morgan fingerprint density at radius 2 is 1.71 bits per heavy atom. The number of hydrogen-bond donors (Lipinski definition) is 1. The zero-order valence-electron chi connectivity index (χ0n) is 15.2. The van der Waals surface area contributed by atoms with Gasteiger partial charge in [0.25, 0.3) is 0 Å². The Labute approximate surface area is 145 Å². The standard InChI is InChI=1S/C18H32N4O2/c1-14-11-20(13-18(24)19-16-5-3-4-6-16)12-17(14)22-9-7-21(8-10-22)15(2)23/h14,16-17H,3-13H2,1-2H3,(H,19,24)/t14-,17+/m1/s1. The van der Waals surface area contributed by atoms with Crippen LogP contribution in [0, 0.1) is 5.92 Å². The molecule has 1 saturated carbocycles. The van der Waals surface area contributed by atoms with Crippen molar-refractivity contribution >= 4 is 11.8 Å². The summed E-state index contributed by atoms with van der Waals surface area (Å²) in [4.78, 5) is 30.5. The van der Waals surface area contributed by atoms with Gasteiger partial charge in [-0.25, -0.2) is 0 Å². The summed E-state index contributed by atoms with van der Waals surface area (Å²) in [5.74, 6) is 0.948. The third-order valence-corrected chi connectivity index (χ3v) is 5.96. The molecule has 0 spiro atoms. The average molecular weight is 336 g/mol. The molecule has 2 amide bonds. The number of likely N-dealkylation sites (tertiary alicyclic amines) is 1. The van der Waals surface area contributed by atoms with E-state index in [0.29, 0.717) is 24.5 Å². The molecule has 2 aliphatic heterocycles. The van der Waals surface area contributed by atoms with Crippen LogP contribution in [0.3, 0.4) is 0 Å². The maximum Gasteiger partial charge on any atom is 0.234 e. The maximum absolute atomic E-state index is 12.3. The fourth-order valence-corrected chi connectivity index (χ4v) is 4.57. The van der Waals surface area contributed by atoms with Crippen LogP contribution >= 0.6 is 0 Å². The molecular weight excluding hydrogens is 304 g/mol. The molecule has 0 unspecified atom stereocenters. The van der Waals surface area contributed by atoms with E-state index in [9.17, 15) is 9.59 Å². The van der Waals surface area contributed by atoms with Gasteiger partial charge in [0.05, 0.1) is 6.54 Å². The molecule has 0 aromatic carbocycles. The Morgan fingerprint density at radius 3 is 2.33 bits per heavy atom. The first-order valence-corrected chi connectivity index (χ1v) is 9.54. The predicted octanol–water partition coefficient (Wildman–Crippen LogP) is 0.530. The molecule has 2 atom stereocenters. The summed E-state index contributed by atoms with van der Waals surface area (Å²) >= 11 is 0. The van der Waals surface area contributed by atoms with Gasteiger partial charge in [-0.3, -0.25) is 19.4 Å². The molecule has 24 heavy (non-hydrogen) atoms. The van der Waals surface area contributed by atoms with Crippen LogP contribution in [-0.4, -0.2) is 84.4 Å². The number of hydrogen-bond acceptors (Lipinski definition) is 4. The van der Waals surface area contributed by atoms with Crippen molar-refractivity contribution in [2.24, 2.45) is 5.92 Å². The Morgan fingerprint density at radius 1 is 1.04 bits per heavy atom. The first-order valence-electron chi connectivity index (χ1n) is 9.54. The molecule has 2 saturated heterocycles. The highest BCUT2D eigenvalue weighted by atomic mass is 16.2. The van der Waals surface area contributed by atoms with Crippen LogP contribution in [0.5, 0.6) is 0 Å². The minimum absolute atomic E-state index is 0.180. The highest BCUT2D eigenvalue weighted by Gasteiger charge is 2.36. The summed E-state index contributed by atoms with van der Waals surface area (Å²) in [5.41, 5.74) is 0. The number of amides is 2. The Hall–Kier alpha value is -1.14. The summed E-state index contributed by atoms with van der Waals surface area (Å²) in [7, 11) is 0. The zero-order valence-corrected chi connectivity index (χ0v) is 15.2. The second-order valence-electron chi connectivity index (χ2n) is 7.83. The quantitative estimate of drug-likeness (QED) is 0.814. The van der Waals surface area contributed by atoms with Gasteiger partial charge in [-0.1, -0.05) is 19.8 Å². The Bertz CT molecular complexity index is 456. The minimum atomic E-state index is 0.180. The molecule has 0 bridgehead atoms. The second kappa shape index (κ2) is 7.83. The van der Waals surface area contributed by atoms with Gasteiger partial charge in [0.2, 0.25) is 11.8 Å². The Balaban J connectivity index is 1.44. The second-order valence-corrected chi connectivity index (χ2v) is 7.83. The molecule has 0 aromatic rings. The Kier molecular flexibility index (Phi) is 5.76. The van der Waals surface area contributed by atoms with Crippen LogP contribution in [0.25, 0.3) is 0 Å². The molecule has 136 valence electrons.